The largest absolute Gasteiger partial charge is 0.312 e. The summed E-state index contributed by atoms with van der Waals surface area (Å²) in [6, 6.07) is 8.51. The Morgan fingerprint density at radius 3 is 2.65 bits per heavy atom. The fourth-order valence-corrected chi connectivity index (χ4v) is 1.71. The second-order valence-electron chi connectivity index (χ2n) is 4.34. The Morgan fingerprint density at radius 2 is 2.06 bits per heavy atom. The number of nitrogens with zero attached hydrogens (tertiary/aromatic N) is 1. The van der Waals surface area contributed by atoms with Gasteiger partial charge in [0.05, 0.1) is 0 Å². The molecule has 1 N–H and O–H groups in total. The number of likely N-dealkylation sites (N-methyl/N-ethyl adjacent to an activating group) is 1. The number of nitrogens with one attached hydrogen (secondary N) is 1. The normalized spacial score (nSPS) is 12.7. The molecule has 0 aliphatic carbocycles. The average molecular weight is 253 g/mol. The van der Waals surface area contributed by atoms with Gasteiger partial charge >= 0.3 is 0 Å². The van der Waals surface area contributed by atoms with Crippen LogP contribution in [0.2, 0.25) is 5.02 Å². The lowest BCUT2D eigenvalue weighted by Crippen LogP contribution is -2.37. The predicted molar refractivity (Wildman–Crippen MR) is 75.4 cm³/mol. The van der Waals surface area contributed by atoms with E-state index in [1.807, 2.05) is 18.2 Å². The highest BCUT2D eigenvalue weighted by Crippen LogP contribution is 2.11. The average Bonchev–Trinajstić information content (AvgIpc) is 2.32. The molecule has 1 atom stereocenters. The molecule has 1 rings (SSSR count). The fourth-order valence-electron chi connectivity index (χ4n) is 1.58. The number of benzene rings is 1. The molecule has 2 nitrogen and oxygen atoms in total. The van der Waals surface area contributed by atoms with Crippen molar-refractivity contribution in [2.75, 3.05) is 20.1 Å². The predicted octanol–water partition coefficient (Wildman–Crippen LogP) is 2.94. The summed E-state index contributed by atoms with van der Waals surface area (Å²) in [4.78, 5) is 2.32. The minimum absolute atomic E-state index is 0.491. The molecule has 0 spiro atoms. The van der Waals surface area contributed by atoms with Crippen LogP contribution in [0.3, 0.4) is 0 Å². The van der Waals surface area contributed by atoms with Crippen LogP contribution < -0.4 is 5.32 Å². The number of halogens is 1. The van der Waals surface area contributed by atoms with Crippen molar-refractivity contribution in [2.24, 2.45) is 0 Å². The van der Waals surface area contributed by atoms with E-state index in [1.165, 1.54) is 5.56 Å². The highest BCUT2D eigenvalue weighted by Gasteiger charge is 2.08. The first-order chi connectivity index (χ1) is 8.13. The molecule has 1 aromatic carbocycles. The van der Waals surface area contributed by atoms with Gasteiger partial charge in [0.1, 0.15) is 0 Å². The third-order valence-electron chi connectivity index (χ3n) is 2.83. The van der Waals surface area contributed by atoms with Crippen molar-refractivity contribution in [2.45, 2.75) is 19.5 Å². The summed E-state index contributed by atoms with van der Waals surface area (Å²) in [5.41, 5.74) is 1.28. The third-order valence-corrected chi connectivity index (χ3v) is 3.08. The van der Waals surface area contributed by atoms with Crippen molar-refractivity contribution in [1.82, 2.24) is 10.2 Å². The van der Waals surface area contributed by atoms with Gasteiger partial charge in [0.2, 0.25) is 0 Å². The maximum Gasteiger partial charge on any atom is 0.0406 e. The van der Waals surface area contributed by atoms with E-state index in [4.69, 9.17) is 11.6 Å². The van der Waals surface area contributed by atoms with Crippen LogP contribution in [0.5, 0.6) is 0 Å². The molecular weight excluding hydrogens is 232 g/mol. The summed E-state index contributed by atoms with van der Waals surface area (Å²) < 4.78 is 0. The highest BCUT2D eigenvalue weighted by molar-refractivity contribution is 6.30. The molecule has 0 aliphatic heterocycles. The zero-order valence-electron chi connectivity index (χ0n) is 10.6. The van der Waals surface area contributed by atoms with Gasteiger partial charge in [0, 0.05) is 30.7 Å². The van der Waals surface area contributed by atoms with E-state index in [1.54, 1.807) is 0 Å². The van der Waals surface area contributed by atoms with Crippen LogP contribution in [-0.2, 0) is 6.54 Å². The number of hydrogen-bond donors (Lipinski definition) is 1. The van der Waals surface area contributed by atoms with E-state index >= 15 is 0 Å². The minimum atomic E-state index is 0.491. The van der Waals surface area contributed by atoms with E-state index in [2.05, 4.69) is 42.9 Å². The van der Waals surface area contributed by atoms with Gasteiger partial charge in [-0.15, -0.1) is 6.58 Å². The Morgan fingerprint density at radius 1 is 1.41 bits per heavy atom. The summed E-state index contributed by atoms with van der Waals surface area (Å²) in [5, 5.41) is 4.12. The molecule has 0 amide bonds. The van der Waals surface area contributed by atoms with Crippen molar-refractivity contribution in [3.8, 4) is 0 Å². The molecule has 94 valence electrons. The lowest BCUT2D eigenvalue weighted by atomic mass is 10.2. The molecule has 3 heteroatoms. The lowest BCUT2D eigenvalue weighted by Gasteiger charge is -2.25. The van der Waals surface area contributed by atoms with Crippen molar-refractivity contribution in [3.63, 3.8) is 0 Å². The van der Waals surface area contributed by atoms with Gasteiger partial charge < -0.3 is 5.32 Å². The molecule has 0 aliphatic rings. The van der Waals surface area contributed by atoms with Gasteiger partial charge in [-0.2, -0.15) is 0 Å². The third kappa shape index (κ3) is 5.35. The van der Waals surface area contributed by atoms with Crippen LogP contribution in [0.25, 0.3) is 0 Å². The molecule has 1 aromatic rings. The second-order valence-corrected chi connectivity index (χ2v) is 4.77. The zero-order valence-corrected chi connectivity index (χ0v) is 11.4. The highest BCUT2D eigenvalue weighted by atomic mass is 35.5. The Balaban J connectivity index is 2.39. The summed E-state index contributed by atoms with van der Waals surface area (Å²) in [7, 11) is 2.13. The summed E-state index contributed by atoms with van der Waals surface area (Å²) >= 11 is 5.86. The monoisotopic (exact) mass is 252 g/mol. The summed E-state index contributed by atoms with van der Waals surface area (Å²) in [6.45, 7) is 8.67. The quantitative estimate of drug-likeness (QED) is 0.593. The SMILES string of the molecule is C=CCNCC(C)N(C)Cc1ccc(Cl)cc1. The van der Waals surface area contributed by atoms with E-state index < -0.39 is 0 Å². The molecule has 17 heavy (non-hydrogen) atoms. The van der Waals surface area contributed by atoms with Crippen molar-refractivity contribution < 1.29 is 0 Å². The topological polar surface area (TPSA) is 15.3 Å². The van der Waals surface area contributed by atoms with Crippen LogP contribution in [-0.4, -0.2) is 31.1 Å². The second kappa shape index (κ2) is 7.49. The van der Waals surface area contributed by atoms with Gasteiger partial charge in [0.25, 0.3) is 0 Å². The molecule has 0 radical (unpaired) electrons. The molecule has 0 bridgehead atoms. The van der Waals surface area contributed by atoms with E-state index in [0.717, 1.165) is 24.7 Å². The van der Waals surface area contributed by atoms with Crippen molar-refractivity contribution >= 4 is 11.6 Å². The van der Waals surface area contributed by atoms with Crippen LogP contribution in [0.1, 0.15) is 12.5 Å². The molecule has 0 heterocycles. The van der Waals surface area contributed by atoms with Crippen LogP contribution in [0.15, 0.2) is 36.9 Å². The van der Waals surface area contributed by atoms with Gasteiger partial charge in [-0.25, -0.2) is 0 Å². The molecule has 0 saturated carbocycles. The van der Waals surface area contributed by atoms with Gasteiger partial charge in [-0.1, -0.05) is 29.8 Å². The van der Waals surface area contributed by atoms with Crippen molar-refractivity contribution in [3.05, 3.63) is 47.5 Å². The summed E-state index contributed by atoms with van der Waals surface area (Å²) in [5.74, 6) is 0. The first-order valence-corrected chi connectivity index (χ1v) is 6.27. The fraction of sp³-hybridized carbons (Fsp3) is 0.429. The van der Waals surface area contributed by atoms with Crippen LogP contribution in [0, 0.1) is 0 Å². The molecule has 0 saturated heterocycles. The smallest absolute Gasteiger partial charge is 0.0406 e. The first kappa shape index (κ1) is 14.2. The minimum Gasteiger partial charge on any atom is -0.312 e. The first-order valence-electron chi connectivity index (χ1n) is 5.89. The Hall–Kier alpha value is -0.830. The lowest BCUT2D eigenvalue weighted by molar-refractivity contribution is 0.244. The van der Waals surface area contributed by atoms with E-state index in [-0.39, 0.29) is 0 Å². The molecule has 0 fully saturated rings. The molecule has 0 aromatic heterocycles. The van der Waals surface area contributed by atoms with E-state index in [0.29, 0.717) is 6.04 Å². The molecule has 1 unspecified atom stereocenters. The maximum atomic E-state index is 5.86. The Kier molecular flexibility index (Phi) is 6.27. The summed E-state index contributed by atoms with van der Waals surface area (Å²) in [6.07, 6.45) is 1.88. The van der Waals surface area contributed by atoms with Gasteiger partial charge in [-0.05, 0) is 31.7 Å². The van der Waals surface area contributed by atoms with E-state index in [9.17, 15) is 0 Å². The number of rotatable bonds is 7. The standard InChI is InChI=1S/C14H21ClN2/c1-4-9-16-10-12(2)17(3)11-13-5-7-14(15)8-6-13/h4-8,12,16H,1,9-11H2,2-3H3. The Labute approximate surface area is 109 Å². The maximum absolute atomic E-state index is 5.86. The molecular formula is C14H21ClN2. The van der Waals surface area contributed by atoms with Gasteiger partial charge in [0.15, 0.2) is 0 Å². The number of hydrogen-bond acceptors (Lipinski definition) is 2. The van der Waals surface area contributed by atoms with Crippen molar-refractivity contribution in [1.29, 1.82) is 0 Å². The van der Waals surface area contributed by atoms with Crippen LogP contribution >= 0.6 is 11.6 Å². The Bertz CT molecular complexity index is 335. The zero-order chi connectivity index (χ0) is 12.7. The van der Waals surface area contributed by atoms with Gasteiger partial charge in [-0.3, -0.25) is 4.90 Å². The van der Waals surface area contributed by atoms with Crippen LogP contribution in [0.4, 0.5) is 0 Å².